The Hall–Kier alpha value is -2.83. The van der Waals surface area contributed by atoms with Gasteiger partial charge in [0.15, 0.2) is 0 Å². The Labute approximate surface area is 202 Å². The second kappa shape index (κ2) is 9.35. The quantitative estimate of drug-likeness (QED) is 0.255. The minimum absolute atomic E-state index is 0.635. The molecule has 4 aromatic carbocycles. The van der Waals surface area contributed by atoms with Crippen LogP contribution >= 0.6 is 11.6 Å². The summed E-state index contributed by atoms with van der Waals surface area (Å²) in [5.41, 5.74) is 3.79. The van der Waals surface area contributed by atoms with Crippen molar-refractivity contribution in [3.05, 3.63) is 119 Å². The zero-order chi connectivity index (χ0) is 21.9. The van der Waals surface area contributed by atoms with Crippen molar-refractivity contribution in [2.24, 2.45) is 4.99 Å². The summed E-state index contributed by atoms with van der Waals surface area (Å²) in [7, 11) is 0. The van der Waals surface area contributed by atoms with Crippen molar-refractivity contribution in [3.63, 3.8) is 0 Å². The molecule has 0 saturated heterocycles. The first-order valence-corrected chi connectivity index (χ1v) is 13.0. The van der Waals surface area contributed by atoms with Gasteiger partial charge in [-0.3, -0.25) is 0 Å². The molecule has 0 atom stereocenters. The summed E-state index contributed by atoms with van der Waals surface area (Å²) in [6.07, 6.45) is 0. The third kappa shape index (κ3) is 4.52. The number of rotatable bonds is 4. The second-order valence-corrected chi connectivity index (χ2v) is 11.0. The van der Waals surface area contributed by atoms with Crippen molar-refractivity contribution < 1.29 is 4.42 Å². The fourth-order valence-electron chi connectivity index (χ4n) is 3.51. The van der Waals surface area contributed by atoms with E-state index in [-0.39, 0.29) is 0 Å². The van der Waals surface area contributed by atoms with Crippen molar-refractivity contribution in [2.75, 3.05) is 0 Å². The Balaban J connectivity index is 1.78. The van der Waals surface area contributed by atoms with Crippen molar-refractivity contribution in [3.8, 4) is 11.3 Å². The maximum atomic E-state index is 6.58. The Morgan fingerprint density at radius 2 is 1.38 bits per heavy atom. The Bertz CT molecular complexity index is 1440. The molecule has 0 bridgehead atoms. The molecule has 0 aliphatic carbocycles. The molecule has 0 N–H and O–H groups in total. The number of halogens is 1. The summed E-state index contributed by atoms with van der Waals surface area (Å²) in [6, 6.07) is 35.1. The van der Waals surface area contributed by atoms with E-state index < -0.39 is 20.9 Å². The van der Waals surface area contributed by atoms with Gasteiger partial charge >= 0.3 is 203 Å². The number of hydrogen-bond donors (Lipinski definition) is 0. The van der Waals surface area contributed by atoms with Crippen LogP contribution in [-0.4, -0.2) is 20.9 Å². The number of aryl methyl sites for hydroxylation is 1. The molecule has 0 saturated carbocycles. The molecule has 5 rings (SSSR count). The zero-order valence-electron chi connectivity index (χ0n) is 17.5. The SMILES string of the molecule is Cc1ccc(N=c2oc(-c3ccccc3)c([Te]c3ccc(Cl)cc3)c3ccccc23)cc1. The van der Waals surface area contributed by atoms with Crippen LogP contribution < -0.4 is 12.8 Å². The molecule has 0 radical (unpaired) electrons. The maximum absolute atomic E-state index is 6.58. The van der Waals surface area contributed by atoms with Gasteiger partial charge < -0.3 is 0 Å². The van der Waals surface area contributed by atoms with Gasteiger partial charge in [0.05, 0.1) is 0 Å². The van der Waals surface area contributed by atoms with Crippen LogP contribution in [0.2, 0.25) is 5.02 Å². The molecular weight excluding hydrogens is 529 g/mol. The molecule has 1 heterocycles. The number of hydrogen-bond acceptors (Lipinski definition) is 2. The molecule has 4 heteroatoms. The molecule has 0 unspecified atom stereocenters. The second-order valence-electron chi connectivity index (χ2n) is 7.48. The predicted molar refractivity (Wildman–Crippen MR) is 135 cm³/mol. The van der Waals surface area contributed by atoms with Gasteiger partial charge in [0, 0.05) is 0 Å². The van der Waals surface area contributed by atoms with Crippen molar-refractivity contribution in [1.29, 1.82) is 0 Å². The minimum atomic E-state index is -0.731. The number of nitrogens with zero attached hydrogens (tertiary/aromatic N) is 1. The molecule has 5 aromatic rings. The molecule has 0 aliphatic rings. The summed E-state index contributed by atoms with van der Waals surface area (Å²) in [5, 5.41) is 2.98. The predicted octanol–water partition coefficient (Wildman–Crippen LogP) is 5.95. The van der Waals surface area contributed by atoms with E-state index in [4.69, 9.17) is 21.0 Å². The molecule has 0 amide bonds. The fraction of sp³-hybridized carbons (Fsp3) is 0.0357. The van der Waals surface area contributed by atoms with E-state index in [1.165, 1.54) is 18.2 Å². The molecule has 0 spiro atoms. The summed E-state index contributed by atoms with van der Waals surface area (Å²) in [5.74, 6) is 0.896. The van der Waals surface area contributed by atoms with E-state index in [0.717, 1.165) is 27.4 Å². The first kappa shape index (κ1) is 21.0. The Morgan fingerprint density at radius 3 is 2.09 bits per heavy atom. The topological polar surface area (TPSA) is 25.5 Å². The van der Waals surface area contributed by atoms with Crippen molar-refractivity contribution in [1.82, 2.24) is 0 Å². The van der Waals surface area contributed by atoms with Gasteiger partial charge in [0.2, 0.25) is 0 Å². The van der Waals surface area contributed by atoms with Gasteiger partial charge in [0.1, 0.15) is 0 Å². The Morgan fingerprint density at radius 1 is 0.719 bits per heavy atom. The summed E-state index contributed by atoms with van der Waals surface area (Å²) in [4.78, 5) is 4.89. The van der Waals surface area contributed by atoms with Gasteiger partial charge in [-0.1, -0.05) is 0 Å². The van der Waals surface area contributed by atoms with Crippen molar-refractivity contribution in [2.45, 2.75) is 6.92 Å². The van der Waals surface area contributed by atoms with Crippen LogP contribution in [0, 0.1) is 6.92 Å². The van der Waals surface area contributed by atoms with E-state index in [1.54, 1.807) is 0 Å². The van der Waals surface area contributed by atoms with Crippen molar-refractivity contribution >= 4 is 56.2 Å². The van der Waals surface area contributed by atoms with E-state index in [0.29, 0.717) is 5.55 Å². The average Bonchev–Trinajstić information content (AvgIpc) is 2.84. The van der Waals surface area contributed by atoms with Gasteiger partial charge in [-0.05, 0) is 0 Å². The monoisotopic (exact) mass is 551 g/mol. The number of benzene rings is 4. The van der Waals surface area contributed by atoms with Gasteiger partial charge in [0.25, 0.3) is 0 Å². The molecule has 156 valence electrons. The summed E-state index contributed by atoms with van der Waals surface area (Å²) < 4.78 is 9.15. The first-order valence-electron chi connectivity index (χ1n) is 10.3. The van der Waals surface area contributed by atoms with Crippen LogP contribution in [0.4, 0.5) is 5.69 Å². The van der Waals surface area contributed by atoms with Crippen LogP contribution in [0.15, 0.2) is 113 Å². The van der Waals surface area contributed by atoms with E-state index in [2.05, 4.69) is 61.5 Å². The van der Waals surface area contributed by atoms with E-state index in [9.17, 15) is 0 Å². The zero-order valence-corrected chi connectivity index (χ0v) is 20.5. The summed E-state index contributed by atoms with van der Waals surface area (Å²) >= 11 is 5.40. The van der Waals surface area contributed by atoms with Gasteiger partial charge in [-0.2, -0.15) is 0 Å². The number of fused-ring (bicyclic) bond motifs is 1. The normalized spacial score (nSPS) is 11.8. The van der Waals surface area contributed by atoms with Crippen LogP contribution in [0.1, 0.15) is 5.56 Å². The van der Waals surface area contributed by atoms with Crippen LogP contribution in [0.5, 0.6) is 0 Å². The molecule has 0 aliphatic heterocycles. The third-order valence-electron chi connectivity index (χ3n) is 5.14. The molecule has 1 aromatic heterocycles. The molecule has 2 nitrogen and oxygen atoms in total. The third-order valence-corrected chi connectivity index (χ3v) is 8.58. The van der Waals surface area contributed by atoms with Crippen LogP contribution in [-0.2, 0) is 0 Å². The fourth-order valence-corrected chi connectivity index (χ4v) is 6.63. The summed E-state index contributed by atoms with van der Waals surface area (Å²) in [6.45, 7) is 2.08. The first-order chi connectivity index (χ1) is 15.7. The van der Waals surface area contributed by atoms with Crippen LogP contribution in [0.25, 0.3) is 22.1 Å². The van der Waals surface area contributed by atoms with Crippen LogP contribution in [0.3, 0.4) is 0 Å². The molecule has 0 fully saturated rings. The Kier molecular flexibility index (Phi) is 6.14. The molecule has 32 heavy (non-hydrogen) atoms. The van der Waals surface area contributed by atoms with Gasteiger partial charge in [-0.15, -0.1) is 0 Å². The molecular formula is C28H20ClNOTe. The van der Waals surface area contributed by atoms with E-state index in [1.807, 2.05) is 48.5 Å². The van der Waals surface area contributed by atoms with Gasteiger partial charge in [-0.25, -0.2) is 0 Å². The average molecular weight is 550 g/mol. The standard InChI is InChI=1S/C28H20ClNOTe/c1-19-11-15-22(16-12-19)30-28-25-10-6-5-9-24(25)27(32-23-17-13-21(29)14-18-23)26(31-28)20-7-3-2-4-8-20/h2-18H,1H3. The van der Waals surface area contributed by atoms with E-state index >= 15 is 0 Å².